The second-order valence-electron chi connectivity index (χ2n) is 2.22. The van der Waals surface area contributed by atoms with E-state index in [4.69, 9.17) is 0 Å². The molecule has 2 heterocycles. The number of nitrogens with one attached hydrogen (secondary N) is 1. The van der Waals surface area contributed by atoms with Crippen molar-refractivity contribution in [3.05, 3.63) is 23.3 Å². The van der Waals surface area contributed by atoms with Gasteiger partial charge in [-0.2, -0.15) is 0 Å². The molecule has 0 aliphatic heterocycles. The molecule has 0 bridgehead atoms. The molecule has 6 nitrogen and oxygen atoms in total. The molecule has 0 aliphatic rings. The van der Waals surface area contributed by atoms with E-state index in [0.717, 1.165) is 6.33 Å². The summed E-state index contributed by atoms with van der Waals surface area (Å²) in [6, 6.07) is 0. The van der Waals surface area contributed by atoms with Crippen molar-refractivity contribution in [2.75, 3.05) is 7.05 Å². The van der Waals surface area contributed by atoms with Crippen molar-refractivity contribution in [1.29, 1.82) is 0 Å². The van der Waals surface area contributed by atoms with Crippen LogP contribution in [0.5, 0.6) is 0 Å². The van der Waals surface area contributed by atoms with Gasteiger partial charge in [0.15, 0.2) is 11.1 Å². The average molecular weight is 164 g/mol. The number of imidazole rings is 1. The molecule has 0 amide bonds. The Morgan fingerprint density at radius 1 is 1.58 bits per heavy atom. The maximum absolute atomic E-state index is 11.0. The first-order valence-electron chi connectivity index (χ1n) is 3.34. The predicted octanol–water partition coefficient (Wildman–Crippen LogP) is -0.364. The number of rotatable bonds is 0. The first-order valence-corrected chi connectivity index (χ1v) is 3.34. The molecule has 2 aromatic rings. The van der Waals surface area contributed by atoms with Gasteiger partial charge in [0.25, 0.3) is 0 Å². The van der Waals surface area contributed by atoms with Gasteiger partial charge >= 0.3 is 0 Å². The molecular formula is C6H6N5O-. The third kappa shape index (κ3) is 0.777. The maximum Gasteiger partial charge on any atom is 0.176 e. The zero-order chi connectivity index (χ0) is 8.55. The summed E-state index contributed by atoms with van der Waals surface area (Å²) in [6.07, 6.45) is 2.58. The van der Waals surface area contributed by atoms with Gasteiger partial charge in [-0.3, -0.25) is 4.99 Å². The summed E-state index contributed by atoms with van der Waals surface area (Å²) in [5.74, 6) is 0. The van der Waals surface area contributed by atoms with E-state index in [1.165, 1.54) is 6.33 Å². The minimum absolute atomic E-state index is 0.311. The topological polar surface area (TPSA) is 81.9 Å². The summed E-state index contributed by atoms with van der Waals surface area (Å²) in [7, 11) is 1.61. The van der Waals surface area contributed by atoms with Crippen LogP contribution in [0.1, 0.15) is 0 Å². The van der Waals surface area contributed by atoms with E-state index < -0.39 is 0 Å². The van der Waals surface area contributed by atoms with Crippen molar-refractivity contribution in [2.24, 2.45) is 4.99 Å². The lowest BCUT2D eigenvalue weighted by molar-refractivity contribution is 0.986. The predicted molar refractivity (Wildman–Crippen MR) is 42.1 cm³/mol. The molecule has 6 heteroatoms. The highest BCUT2D eigenvalue weighted by Gasteiger charge is 1.98. The largest absolute Gasteiger partial charge is 0.804 e. The molecule has 0 unspecified atom stereocenters. The number of aromatic amines is 1. The maximum atomic E-state index is 11.0. The SMILES string of the molecule is CN=c1ncn([O-])c2nc[nH]c12. The Kier molecular flexibility index (Phi) is 1.33. The minimum Gasteiger partial charge on any atom is -0.804 e. The molecule has 0 aromatic carbocycles. The average Bonchev–Trinajstić information content (AvgIpc) is 2.54. The van der Waals surface area contributed by atoms with E-state index in [2.05, 4.69) is 19.9 Å². The van der Waals surface area contributed by atoms with Crippen molar-refractivity contribution in [3.63, 3.8) is 0 Å². The van der Waals surface area contributed by atoms with Crippen LogP contribution in [0.2, 0.25) is 0 Å². The van der Waals surface area contributed by atoms with Crippen LogP contribution in [0, 0.1) is 5.21 Å². The smallest absolute Gasteiger partial charge is 0.176 e. The second kappa shape index (κ2) is 2.33. The lowest BCUT2D eigenvalue weighted by atomic mass is 10.5. The van der Waals surface area contributed by atoms with Crippen molar-refractivity contribution in [2.45, 2.75) is 0 Å². The number of hydrogen-bond donors (Lipinski definition) is 1. The lowest BCUT2D eigenvalue weighted by Gasteiger charge is -2.08. The van der Waals surface area contributed by atoms with E-state index in [9.17, 15) is 5.21 Å². The first kappa shape index (κ1) is 6.84. The number of H-pyrrole nitrogens is 1. The van der Waals surface area contributed by atoms with Gasteiger partial charge in [-0.1, -0.05) is 0 Å². The Morgan fingerprint density at radius 3 is 3.17 bits per heavy atom. The Balaban J connectivity index is 3.02. The van der Waals surface area contributed by atoms with Gasteiger partial charge < -0.3 is 14.9 Å². The first-order chi connectivity index (χ1) is 5.83. The quantitative estimate of drug-likeness (QED) is 0.577. The summed E-state index contributed by atoms with van der Waals surface area (Å²) < 4.78 is 0.598. The van der Waals surface area contributed by atoms with Gasteiger partial charge in [0.1, 0.15) is 5.52 Å². The highest BCUT2D eigenvalue weighted by molar-refractivity contribution is 5.68. The van der Waals surface area contributed by atoms with Crippen molar-refractivity contribution in [1.82, 2.24) is 19.7 Å². The third-order valence-corrected chi connectivity index (χ3v) is 1.55. The number of nitrogens with zero attached hydrogens (tertiary/aromatic N) is 4. The molecule has 0 atom stereocenters. The third-order valence-electron chi connectivity index (χ3n) is 1.55. The minimum atomic E-state index is 0.311. The monoisotopic (exact) mass is 164 g/mol. The molecule has 62 valence electrons. The summed E-state index contributed by atoms with van der Waals surface area (Å²) in [6.45, 7) is 0. The molecule has 2 aromatic heterocycles. The van der Waals surface area contributed by atoms with E-state index in [0.29, 0.717) is 21.4 Å². The standard InChI is InChI=1S/C6H6N5O/c1-7-5-4-6(9-2-8-4)11(12)3-10-5/h2-3H,1H3,(H,8,9)/q-1. The number of aromatic nitrogens is 4. The van der Waals surface area contributed by atoms with E-state index in [-0.39, 0.29) is 0 Å². The zero-order valence-corrected chi connectivity index (χ0v) is 6.35. The van der Waals surface area contributed by atoms with Crippen molar-refractivity contribution in [3.8, 4) is 0 Å². The molecule has 2 rings (SSSR count). The van der Waals surface area contributed by atoms with Gasteiger partial charge in [0.2, 0.25) is 0 Å². The second-order valence-corrected chi connectivity index (χ2v) is 2.22. The molecule has 0 radical (unpaired) electrons. The van der Waals surface area contributed by atoms with Gasteiger partial charge in [-0.15, -0.1) is 0 Å². The molecule has 12 heavy (non-hydrogen) atoms. The molecule has 0 saturated carbocycles. The van der Waals surface area contributed by atoms with Crippen LogP contribution in [0.25, 0.3) is 11.2 Å². The molecule has 0 saturated heterocycles. The zero-order valence-electron chi connectivity index (χ0n) is 6.35. The normalized spacial score (nSPS) is 12.6. The molecular weight excluding hydrogens is 158 g/mol. The molecule has 0 fully saturated rings. The number of fused-ring (bicyclic) bond motifs is 1. The Labute approximate surface area is 67.2 Å². The summed E-state index contributed by atoms with van der Waals surface area (Å²) in [4.78, 5) is 14.3. The fraction of sp³-hybridized carbons (Fsp3) is 0.167. The molecule has 0 spiro atoms. The summed E-state index contributed by atoms with van der Waals surface area (Å²) >= 11 is 0. The van der Waals surface area contributed by atoms with Crippen LogP contribution < -0.4 is 5.49 Å². The van der Waals surface area contributed by atoms with Gasteiger partial charge in [-0.25, -0.2) is 9.97 Å². The highest BCUT2D eigenvalue weighted by Crippen LogP contribution is 1.99. The Morgan fingerprint density at radius 2 is 2.42 bits per heavy atom. The van der Waals surface area contributed by atoms with Crippen molar-refractivity contribution >= 4 is 11.2 Å². The molecule has 1 N–H and O–H groups in total. The fourth-order valence-electron chi connectivity index (χ4n) is 1.01. The Hall–Kier alpha value is -1.85. The van der Waals surface area contributed by atoms with Crippen LogP contribution in [0.3, 0.4) is 0 Å². The van der Waals surface area contributed by atoms with Crippen LogP contribution >= 0.6 is 0 Å². The molecule has 0 aliphatic carbocycles. The van der Waals surface area contributed by atoms with Crippen molar-refractivity contribution < 1.29 is 0 Å². The summed E-state index contributed by atoms with van der Waals surface area (Å²) in [5, 5.41) is 11.0. The lowest BCUT2D eigenvalue weighted by Crippen LogP contribution is -2.11. The number of hydrogen-bond acceptors (Lipinski definition) is 4. The Bertz CT molecular complexity index is 468. The van der Waals surface area contributed by atoms with Crippen LogP contribution in [-0.2, 0) is 0 Å². The van der Waals surface area contributed by atoms with Crippen LogP contribution in [0.4, 0.5) is 0 Å². The highest BCUT2D eigenvalue weighted by atomic mass is 16.5. The van der Waals surface area contributed by atoms with Gasteiger partial charge in [0.05, 0.1) is 12.7 Å². The van der Waals surface area contributed by atoms with Crippen LogP contribution in [-0.4, -0.2) is 26.7 Å². The van der Waals surface area contributed by atoms with E-state index in [1.807, 2.05) is 0 Å². The fourth-order valence-corrected chi connectivity index (χ4v) is 1.01. The van der Waals surface area contributed by atoms with Gasteiger partial charge in [-0.05, 0) is 0 Å². The summed E-state index contributed by atoms with van der Waals surface area (Å²) in [5.41, 5.74) is 1.37. The van der Waals surface area contributed by atoms with Crippen LogP contribution in [0.15, 0.2) is 17.6 Å². The van der Waals surface area contributed by atoms with Gasteiger partial charge in [0, 0.05) is 7.05 Å². The van der Waals surface area contributed by atoms with E-state index >= 15 is 0 Å². The van der Waals surface area contributed by atoms with E-state index in [1.54, 1.807) is 7.05 Å².